The molecule has 3 N–H and O–H groups in total. The molecule has 1 aromatic carbocycles. The predicted molar refractivity (Wildman–Crippen MR) is 72.2 cm³/mol. The third-order valence-corrected chi connectivity index (χ3v) is 2.98. The molecule has 100 valence electrons. The summed E-state index contributed by atoms with van der Waals surface area (Å²) < 4.78 is 4.91. The number of hydrogen-bond donors (Lipinski definition) is 2. The molecule has 0 spiro atoms. The average Bonchev–Trinajstić information content (AvgIpc) is 2.36. The quantitative estimate of drug-likeness (QED) is 0.805. The molecule has 0 heterocycles. The largest absolute Gasteiger partial charge is 0.385 e. The molecule has 1 rings (SSSR count). The normalized spacial score (nSPS) is 14.0. The molecule has 0 aromatic heterocycles. The molecule has 1 unspecified atom stereocenters. The second-order valence-corrected chi connectivity index (χ2v) is 4.47. The second-order valence-electron chi connectivity index (χ2n) is 4.47. The van der Waals surface area contributed by atoms with Gasteiger partial charge in [0.1, 0.15) is 0 Å². The number of ether oxygens (including phenoxy) is 1. The Hall–Kier alpha value is -1.39. The highest BCUT2D eigenvalue weighted by Crippen LogP contribution is 2.16. The van der Waals surface area contributed by atoms with E-state index in [0.717, 1.165) is 11.1 Å². The number of methoxy groups -OCH3 is 1. The van der Waals surface area contributed by atoms with Crippen LogP contribution in [0.4, 0.5) is 0 Å². The fraction of sp³-hybridized carbons (Fsp3) is 0.500. The zero-order valence-electron chi connectivity index (χ0n) is 11.3. The lowest BCUT2D eigenvalue weighted by molar-refractivity contribution is -0.123. The highest BCUT2D eigenvalue weighted by Gasteiger charge is 2.16. The molecule has 1 amide bonds. The maximum absolute atomic E-state index is 11.9. The van der Waals surface area contributed by atoms with Crippen molar-refractivity contribution < 1.29 is 9.53 Å². The molecule has 0 saturated heterocycles. The average molecular weight is 250 g/mol. The van der Waals surface area contributed by atoms with Gasteiger partial charge in [0.15, 0.2) is 0 Å². The minimum atomic E-state index is -0.517. The van der Waals surface area contributed by atoms with E-state index < -0.39 is 6.04 Å². The number of nitrogens with one attached hydrogen (secondary N) is 1. The molecule has 4 heteroatoms. The molecule has 0 saturated carbocycles. The topological polar surface area (TPSA) is 64.3 Å². The summed E-state index contributed by atoms with van der Waals surface area (Å²) in [6.45, 7) is 4.49. The Morgan fingerprint density at radius 1 is 1.44 bits per heavy atom. The molecule has 0 aliphatic carbocycles. The van der Waals surface area contributed by atoms with Gasteiger partial charge in [-0.15, -0.1) is 0 Å². The van der Waals surface area contributed by atoms with E-state index in [0.29, 0.717) is 13.0 Å². The zero-order valence-corrected chi connectivity index (χ0v) is 11.3. The van der Waals surface area contributed by atoms with Gasteiger partial charge in [0.2, 0.25) is 5.91 Å². The van der Waals surface area contributed by atoms with Gasteiger partial charge in [-0.2, -0.15) is 0 Å². The molecule has 0 aliphatic rings. The maximum atomic E-state index is 11.9. The lowest BCUT2D eigenvalue weighted by Gasteiger charge is -2.19. The van der Waals surface area contributed by atoms with Crippen molar-refractivity contribution in [2.24, 2.45) is 5.73 Å². The van der Waals surface area contributed by atoms with Gasteiger partial charge < -0.3 is 15.8 Å². The van der Waals surface area contributed by atoms with Crippen molar-refractivity contribution in [3.8, 4) is 0 Å². The molecule has 0 fully saturated rings. The highest BCUT2D eigenvalue weighted by molar-refractivity contribution is 5.81. The molecule has 18 heavy (non-hydrogen) atoms. The third-order valence-electron chi connectivity index (χ3n) is 2.98. The number of nitrogens with two attached hydrogens (primary N) is 1. The SMILES string of the molecule is COCCC(N)C(=O)N[C@H](C)c1ccccc1C. The fourth-order valence-corrected chi connectivity index (χ4v) is 1.85. The van der Waals surface area contributed by atoms with Gasteiger partial charge in [-0.25, -0.2) is 0 Å². The fourth-order valence-electron chi connectivity index (χ4n) is 1.85. The van der Waals surface area contributed by atoms with E-state index in [4.69, 9.17) is 10.5 Å². The Morgan fingerprint density at radius 2 is 2.11 bits per heavy atom. The van der Waals surface area contributed by atoms with Crippen molar-refractivity contribution in [1.82, 2.24) is 5.32 Å². The Morgan fingerprint density at radius 3 is 2.72 bits per heavy atom. The van der Waals surface area contributed by atoms with E-state index in [9.17, 15) is 4.79 Å². The summed E-state index contributed by atoms with van der Waals surface area (Å²) >= 11 is 0. The number of rotatable bonds is 6. The smallest absolute Gasteiger partial charge is 0.237 e. The summed E-state index contributed by atoms with van der Waals surface area (Å²) in [4.78, 5) is 11.9. The van der Waals surface area contributed by atoms with Crippen LogP contribution in [0.1, 0.15) is 30.5 Å². The molecule has 0 bridgehead atoms. The Balaban J connectivity index is 2.57. The number of benzene rings is 1. The van der Waals surface area contributed by atoms with Gasteiger partial charge in [0, 0.05) is 13.7 Å². The predicted octanol–water partition coefficient (Wildman–Crippen LogP) is 1.54. The van der Waals surface area contributed by atoms with E-state index in [1.54, 1.807) is 7.11 Å². The van der Waals surface area contributed by atoms with E-state index in [1.165, 1.54) is 0 Å². The molecule has 2 atom stereocenters. The third kappa shape index (κ3) is 4.13. The Kier molecular flexibility index (Phi) is 5.82. The minimum absolute atomic E-state index is 0.0349. The molecule has 0 aliphatic heterocycles. The molecular weight excluding hydrogens is 228 g/mol. The van der Waals surface area contributed by atoms with E-state index >= 15 is 0 Å². The van der Waals surface area contributed by atoms with Crippen LogP contribution < -0.4 is 11.1 Å². The molecule has 0 radical (unpaired) electrons. The van der Waals surface area contributed by atoms with E-state index in [1.807, 2.05) is 38.1 Å². The van der Waals surface area contributed by atoms with Crippen LogP contribution in [0.5, 0.6) is 0 Å². The number of hydrogen-bond acceptors (Lipinski definition) is 3. The monoisotopic (exact) mass is 250 g/mol. The van der Waals surface area contributed by atoms with Crippen LogP contribution in [0, 0.1) is 6.92 Å². The number of aryl methyl sites for hydroxylation is 1. The lowest BCUT2D eigenvalue weighted by atomic mass is 10.0. The first-order valence-electron chi connectivity index (χ1n) is 6.16. The van der Waals surface area contributed by atoms with Gasteiger partial charge in [-0.05, 0) is 31.4 Å². The van der Waals surface area contributed by atoms with Gasteiger partial charge >= 0.3 is 0 Å². The van der Waals surface area contributed by atoms with Crippen LogP contribution in [0.2, 0.25) is 0 Å². The van der Waals surface area contributed by atoms with Crippen molar-refractivity contribution in [3.05, 3.63) is 35.4 Å². The number of carbonyl (C=O) groups is 1. The molecular formula is C14H22N2O2. The maximum Gasteiger partial charge on any atom is 0.237 e. The summed E-state index contributed by atoms with van der Waals surface area (Å²) in [7, 11) is 1.60. The van der Waals surface area contributed by atoms with Crippen molar-refractivity contribution >= 4 is 5.91 Å². The lowest BCUT2D eigenvalue weighted by Crippen LogP contribution is -2.42. The summed E-state index contributed by atoms with van der Waals surface area (Å²) in [5, 5.41) is 2.93. The number of amides is 1. The first-order valence-corrected chi connectivity index (χ1v) is 6.16. The highest BCUT2D eigenvalue weighted by atomic mass is 16.5. The summed E-state index contributed by atoms with van der Waals surface area (Å²) in [6, 6.07) is 7.45. The van der Waals surface area contributed by atoms with Crippen LogP contribution in [0.15, 0.2) is 24.3 Å². The van der Waals surface area contributed by atoms with Crippen LogP contribution in [0.25, 0.3) is 0 Å². The van der Waals surface area contributed by atoms with Crippen molar-refractivity contribution in [1.29, 1.82) is 0 Å². The number of carbonyl (C=O) groups excluding carboxylic acids is 1. The standard InChI is InChI=1S/C14H22N2O2/c1-10-6-4-5-7-12(10)11(2)16-14(17)13(15)8-9-18-3/h4-7,11,13H,8-9,15H2,1-3H3,(H,16,17)/t11-,13?/m1/s1. The molecule has 4 nitrogen and oxygen atoms in total. The summed E-state index contributed by atoms with van der Waals surface area (Å²) in [5.74, 6) is -0.136. The van der Waals surface area contributed by atoms with Gasteiger partial charge in [-0.1, -0.05) is 24.3 Å². The first-order chi connectivity index (χ1) is 8.56. The first kappa shape index (κ1) is 14.7. The van der Waals surface area contributed by atoms with Crippen LogP contribution in [-0.2, 0) is 9.53 Å². The Labute approximate surface area is 109 Å². The van der Waals surface area contributed by atoms with Crippen molar-refractivity contribution in [3.63, 3.8) is 0 Å². The Bertz CT molecular complexity index is 393. The van der Waals surface area contributed by atoms with Crippen LogP contribution >= 0.6 is 0 Å². The van der Waals surface area contributed by atoms with Gasteiger partial charge in [0.25, 0.3) is 0 Å². The zero-order chi connectivity index (χ0) is 13.5. The second kappa shape index (κ2) is 7.13. The van der Waals surface area contributed by atoms with Crippen LogP contribution in [-0.4, -0.2) is 25.7 Å². The van der Waals surface area contributed by atoms with E-state index in [-0.39, 0.29) is 11.9 Å². The van der Waals surface area contributed by atoms with Crippen LogP contribution in [0.3, 0.4) is 0 Å². The van der Waals surface area contributed by atoms with Gasteiger partial charge in [-0.3, -0.25) is 4.79 Å². The summed E-state index contributed by atoms with van der Waals surface area (Å²) in [6.07, 6.45) is 0.531. The van der Waals surface area contributed by atoms with Crippen molar-refractivity contribution in [2.45, 2.75) is 32.4 Å². The summed E-state index contributed by atoms with van der Waals surface area (Å²) in [5.41, 5.74) is 8.05. The minimum Gasteiger partial charge on any atom is -0.385 e. The molecule has 1 aromatic rings. The van der Waals surface area contributed by atoms with Gasteiger partial charge in [0.05, 0.1) is 12.1 Å². The van der Waals surface area contributed by atoms with Crippen molar-refractivity contribution in [2.75, 3.05) is 13.7 Å². The van der Waals surface area contributed by atoms with E-state index in [2.05, 4.69) is 5.32 Å².